The van der Waals surface area contributed by atoms with Crippen LogP contribution in [-0.4, -0.2) is 28.5 Å². The average molecular weight is 421 g/mol. The minimum atomic E-state index is -4.14. The number of esters is 1. The number of unbranched alkanes of at least 4 members (excludes halogenated alkanes) is 10. The molecule has 0 aliphatic heterocycles. The van der Waals surface area contributed by atoms with E-state index in [1.165, 1.54) is 38.5 Å². The molecule has 0 aromatic carbocycles. The largest absolute Gasteiger partial charge is 0.466 e. The summed E-state index contributed by atoms with van der Waals surface area (Å²) in [6.07, 6.45) is 14.9. The van der Waals surface area contributed by atoms with Gasteiger partial charge in [-0.15, -0.1) is 0 Å². The molecular weight excluding hydrogens is 375 g/mol. The van der Waals surface area contributed by atoms with Gasteiger partial charge in [0.25, 0.3) is 0 Å². The van der Waals surface area contributed by atoms with Gasteiger partial charge in [-0.2, -0.15) is 0 Å². The molecule has 0 unspecified atom stereocenters. The van der Waals surface area contributed by atoms with E-state index in [1.54, 1.807) is 6.92 Å². The van der Waals surface area contributed by atoms with Crippen molar-refractivity contribution in [3.05, 3.63) is 0 Å². The number of hydrogen-bond acceptors (Lipinski definition) is 3. The van der Waals surface area contributed by atoms with Crippen molar-refractivity contribution in [2.24, 2.45) is 5.41 Å². The van der Waals surface area contributed by atoms with E-state index in [-0.39, 0.29) is 18.6 Å². The Morgan fingerprint density at radius 2 is 1.18 bits per heavy atom. The lowest BCUT2D eigenvalue weighted by molar-refractivity contribution is -0.157. The monoisotopic (exact) mass is 420 g/mol. The molecule has 0 rings (SSSR count). The van der Waals surface area contributed by atoms with Crippen LogP contribution in [0.15, 0.2) is 0 Å². The Morgan fingerprint density at radius 3 is 1.57 bits per heavy atom. The maximum Gasteiger partial charge on any atom is 0.325 e. The summed E-state index contributed by atoms with van der Waals surface area (Å²) in [5, 5.41) is 0. The Morgan fingerprint density at radius 1 is 0.750 bits per heavy atom. The van der Waals surface area contributed by atoms with Crippen LogP contribution in [0.4, 0.5) is 0 Å². The molecule has 0 saturated carbocycles. The third-order valence-corrected chi connectivity index (χ3v) is 6.41. The molecule has 0 saturated heterocycles. The van der Waals surface area contributed by atoms with Gasteiger partial charge in [-0.1, -0.05) is 90.9 Å². The normalized spacial score (nSPS) is 12.3. The van der Waals surface area contributed by atoms with E-state index in [2.05, 4.69) is 13.8 Å². The van der Waals surface area contributed by atoms with Crippen LogP contribution in [-0.2, 0) is 14.1 Å². The molecule has 28 heavy (non-hydrogen) atoms. The van der Waals surface area contributed by atoms with Gasteiger partial charge in [0.2, 0.25) is 0 Å². The van der Waals surface area contributed by atoms with Crippen LogP contribution in [0.1, 0.15) is 117 Å². The van der Waals surface area contributed by atoms with Gasteiger partial charge in [0.1, 0.15) is 0 Å². The van der Waals surface area contributed by atoms with Gasteiger partial charge in [0.15, 0.2) is 0 Å². The first-order valence-corrected chi connectivity index (χ1v) is 13.3. The van der Waals surface area contributed by atoms with Crippen molar-refractivity contribution in [2.75, 3.05) is 12.8 Å². The Kier molecular flexibility index (Phi) is 16.2. The van der Waals surface area contributed by atoms with Gasteiger partial charge in [0, 0.05) is 0 Å². The Balaban J connectivity index is 4.93. The van der Waals surface area contributed by atoms with Crippen LogP contribution in [0.25, 0.3) is 0 Å². The van der Waals surface area contributed by atoms with E-state index in [9.17, 15) is 19.1 Å². The number of hydrogen-bond donors (Lipinski definition) is 2. The van der Waals surface area contributed by atoms with E-state index in [0.29, 0.717) is 19.4 Å². The SMILES string of the molecule is CCCCCCCCC(CCCCCCCC)(CCP(=O)(O)O)C(=O)OCC. The standard InChI is InChI=1S/C22H45O5P/c1-4-7-9-11-13-15-17-22(21(23)27-6-3,19-20-28(24,25)26)18-16-14-12-10-8-5-2/h4-20H2,1-3H3,(H2,24,25,26). The minimum absolute atomic E-state index is 0.222. The van der Waals surface area contributed by atoms with Crippen molar-refractivity contribution in [3.63, 3.8) is 0 Å². The zero-order chi connectivity index (χ0) is 21.3. The first kappa shape index (κ1) is 27.6. The highest BCUT2D eigenvalue weighted by Crippen LogP contribution is 2.44. The minimum Gasteiger partial charge on any atom is -0.466 e. The van der Waals surface area contributed by atoms with E-state index in [4.69, 9.17) is 4.74 Å². The Bertz CT molecular complexity index is 417. The second-order valence-corrected chi connectivity index (χ2v) is 9.95. The molecule has 6 heteroatoms. The molecule has 0 aliphatic rings. The second-order valence-electron chi connectivity index (χ2n) is 8.17. The first-order valence-electron chi connectivity index (χ1n) is 11.5. The number of carbonyl (C=O) groups is 1. The first-order chi connectivity index (χ1) is 13.3. The number of rotatable bonds is 19. The fourth-order valence-electron chi connectivity index (χ4n) is 3.81. The summed E-state index contributed by atoms with van der Waals surface area (Å²) >= 11 is 0. The average Bonchev–Trinajstić information content (AvgIpc) is 2.64. The maximum atomic E-state index is 12.8. The summed E-state index contributed by atoms with van der Waals surface area (Å²) in [6, 6.07) is 0. The van der Waals surface area contributed by atoms with E-state index in [0.717, 1.165) is 38.5 Å². The Hall–Kier alpha value is -0.380. The number of ether oxygens (including phenoxy) is 1. The van der Waals surface area contributed by atoms with Gasteiger partial charge in [-0.05, 0) is 26.2 Å². The zero-order valence-electron chi connectivity index (χ0n) is 18.6. The van der Waals surface area contributed by atoms with Crippen molar-refractivity contribution < 1.29 is 23.9 Å². The lowest BCUT2D eigenvalue weighted by atomic mass is 9.75. The van der Waals surface area contributed by atoms with Crippen molar-refractivity contribution in [1.82, 2.24) is 0 Å². The molecule has 0 spiro atoms. The van der Waals surface area contributed by atoms with Crippen molar-refractivity contribution >= 4 is 13.6 Å². The summed E-state index contributed by atoms with van der Waals surface area (Å²) in [4.78, 5) is 31.6. The smallest absolute Gasteiger partial charge is 0.325 e. The summed E-state index contributed by atoms with van der Waals surface area (Å²) in [5.74, 6) is -0.259. The fourth-order valence-corrected chi connectivity index (χ4v) is 4.53. The van der Waals surface area contributed by atoms with Crippen LogP contribution in [0.3, 0.4) is 0 Å². The summed E-state index contributed by atoms with van der Waals surface area (Å²) in [5.41, 5.74) is -0.743. The summed E-state index contributed by atoms with van der Waals surface area (Å²) in [7, 11) is -4.14. The summed E-state index contributed by atoms with van der Waals surface area (Å²) in [6.45, 7) is 6.48. The summed E-state index contributed by atoms with van der Waals surface area (Å²) < 4.78 is 16.9. The van der Waals surface area contributed by atoms with Gasteiger partial charge in [-0.25, -0.2) is 0 Å². The zero-order valence-corrected chi connectivity index (χ0v) is 19.5. The highest BCUT2D eigenvalue weighted by molar-refractivity contribution is 7.51. The van der Waals surface area contributed by atoms with Crippen molar-refractivity contribution in [2.45, 2.75) is 117 Å². The van der Waals surface area contributed by atoms with Crippen LogP contribution in [0.2, 0.25) is 0 Å². The third kappa shape index (κ3) is 13.7. The molecule has 0 aliphatic carbocycles. The van der Waals surface area contributed by atoms with Gasteiger partial charge in [-0.3, -0.25) is 9.36 Å². The molecule has 0 amide bonds. The molecule has 0 radical (unpaired) electrons. The molecule has 168 valence electrons. The Labute approximate surface area is 173 Å². The van der Waals surface area contributed by atoms with Gasteiger partial charge in [0.05, 0.1) is 18.2 Å². The predicted octanol–water partition coefficient (Wildman–Crippen LogP) is 6.60. The third-order valence-electron chi connectivity index (χ3n) is 5.61. The molecule has 0 atom stereocenters. The van der Waals surface area contributed by atoms with Crippen molar-refractivity contribution in [3.8, 4) is 0 Å². The molecule has 0 aromatic rings. The lowest BCUT2D eigenvalue weighted by Gasteiger charge is -2.32. The molecule has 0 fully saturated rings. The molecular formula is C22H45O5P. The van der Waals surface area contributed by atoms with E-state index >= 15 is 0 Å². The van der Waals surface area contributed by atoms with E-state index < -0.39 is 13.0 Å². The van der Waals surface area contributed by atoms with Crippen LogP contribution >= 0.6 is 7.60 Å². The topological polar surface area (TPSA) is 83.8 Å². The second kappa shape index (κ2) is 16.4. The highest BCUT2D eigenvalue weighted by atomic mass is 31.2. The molecule has 0 aromatic heterocycles. The molecule has 5 nitrogen and oxygen atoms in total. The quantitative estimate of drug-likeness (QED) is 0.140. The molecule has 2 N–H and O–H groups in total. The van der Waals surface area contributed by atoms with E-state index in [1.807, 2.05) is 0 Å². The molecule has 0 bridgehead atoms. The van der Waals surface area contributed by atoms with Crippen LogP contribution in [0, 0.1) is 5.41 Å². The van der Waals surface area contributed by atoms with Gasteiger partial charge >= 0.3 is 13.6 Å². The van der Waals surface area contributed by atoms with Gasteiger partial charge < -0.3 is 14.5 Å². The maximum absolute atomic E-state index is 12.8. The number of carbonyl (C=O) groups excluding carboxylic acids is 1. The van der Waals surface area contributed by atoms with Crippen LogP contribution in [0.5, 0.6) is 0 Å². The van der Waals surface area contributed by atoms with Crippen LogP contribution < -0.4 is 0 Å². The predicted molar refractivity (Wildman–Crippen MR) is 117 cm³/mol. The fraction of sp³-hybridized carbons (Fsp3) is 0.955. The lowest BCUT2D eigenvalue weighted by Crippen LogP contribution is -2.34. The highest BCUT2D eigenvalue weighted by Gasteiger charge is 2.40. The molecule has 0 heterocycles. The van der Waals surface area contributed by atoms with Crippen molar-refractivity contribution in [1.29, 1.82) is 0 Å².